The van der Waals surface area contributed by atoms with E-state index in [4.69, 9.17) is 5.11 Å². The molecule has 5 nitrogen and oxygen atoms in total. The molecule has 1 rings (SSSR count). The highest BCUT2D eigenvalue weighted by Gasteiger charge is 2.19. The molecule has 5 heteroatoms. The topological polar surface area (TPSA) is 68.0 Å². The zero-order valence-corrected chi connectivity index (χ0v) is 11.5. The van der Waals surface area contributed by atoms with Crippen LogP contribution in [0.3, 0.4) is 0 Å². The maximum atomic E-state index is 11.0. The van der Waals surface area contributed by atoms with Gasteiger partial charge < -0.3 is 5.11 Å². The zero-order valence-electron chi connectivity index (χ0n) is 11.5. The first-order chi connectivity index (χ1) is 8.63. The highest BCUT2D eigenvalue weighted by atomic mass is 16.4. The number of hydrogen-bond donors (Lipinski definition) is 1. The number of aromatic carboxylic acids is 1. The van der Waals surface area contributed by atoms with Crippen LogP contribution < -0.4 is 0 Å². The highest BCUT2D eigenvalue weighted by Crippen LogP contribution is 2.17. The van der Waals surface area contributed by atoms with Crippen LogP contribution in [-0.4, -0.2) is 26.1 Å². The summed E-state index contributed by atoms with van der Waals surface area (Å²) in [6.07, 6.45) is 5.30. The molecular formula is C13H23N3O2. The van der Waals surface area contributed by atoms with Crippen molar-refractivity contribution in [3.05, 3.63) is 11.4 Å². The van der Waals surface area contributed by atoms with Gasteiger partial charge >= 0.3 is 5.97 Å². The van der Waals surface area contributed by atoms with Gasteiger partial charge in [0.15, 0.2) is 5.69 Å². The molecule has 0 aliphatic heterocycles. The molecule has 1 atom stereocenters. The predicted molar refractivity (Wildman–Crippen MR) is 69.7 cm³/mol. The Balaban J connectivity index is 2.79. The number of rotatable bonds is 8. The van der Waals surface area contributed by atoms with Gasteiger partial charge in [0.25, 0.3) is 0 Å². The molecule has 0 aromatic carbocycles. The summed E-state index contributed by atoms with van der Waals surface area (Å²) in [5, 5.41) is 16.8. The molecule has 1 aromatic heterocycles. The molecule has 0 aliphatic rings. The Morgan fingerprint density at radius 3 is 2.61 bits per heavy atom. The molecular weight excluding hydrogens is 230 g/mol. The van der Waals surface area contributed by atoms with Gasteiger partial charge in [0, 0.05) is 6.54 Å². The van der Waals surface area contributed by atoms with E-state index in [1.807, 2.05) is 6.92 Å². The van der Waals surface area contributed by atoms with E-state index in [1.54, 1.807) is 4.68 Å². The van der Waals surface area contributed by atoms with Crippen molar-refractivity contribution in [3.63, 3.8) is 0 Å². The number of nitrogens with zero attached hydrogens (tertiary/aromatic N) is 3. The largest absolute Gasteiger partial charge is 0.476 e. The molecule has 0 aliphatic carbocycles. The molecule has 1 unspecified atom stereocenters. The van der Waals surface area contributed by atoms with Gasteiger partial charge in [-0.3, -0.25) is 0 Å². The first-order valence-electron chi connectivity index (χ1n) is 6.79. The van der Waals surface area contributed by atoms with E-state index in [2.05, 4.69) is 24.2 Å². The van der Waals surface area contributed by atoms with Gasteiger partial charge in [-0.15, -0.1) is 5.10 Å². The Hall–Kier alpha value is -1.39. The van der Waals surface area contributed by atoms with Gasteiger partial charge in [0.05, 0.1) is 5.69 Å². The van der Waals surface area contributed by atoms with E-state index in [9.17, 15) is 4.79 Å². The Bertz CT molecular complexity index is 388. The van der Waals surface area contributed by atoms with Crippen molar-refractivity contribution in [1.82, 2.24) is 15.0 Å². The van der Waals surface area contributed by atoms with E-state index in [0.717, 1.165) is 18.7 Å². The maximum absolute atomic E-state index is 11.0. The van der Waals surface area contributed by atoms with Crippen LogP contribution >= 0.6 is 0 Å². The second-order valence-electron chi connectivity index (χ2n) is 4.64. The van der Waals surface area contributed by atoms with Gasteiger partial charge in [-0.1, -0.05) is 45.2 Å². The lowest BCUT2D eigenvalue weighted by Crippen LogP contribution is -2.14. The summed E-state index contributed by atoms with van der Waals surface area (Å²) in [7, 11) is 0. The van der Waals surface area contributed by atoms with Crippen LogP contribution in [0.2, 0.25) is 0 Å². The molecule has 18 heavy (non-hydrogen) atoms. The Morgan fingerprint density at radius 1 is 1.39 bits per heavy atom. The lowest BCUT2D eigenvalue weighted by Gasteiger charge is -2.15. The van der Waals surface area contributed by atoms with E-state index in [0.29, 0.717) is 12.3 Å². The van der Waals surface area contributed by atoms with Crippen molar-refractivity contribution in [2.75, 3.05) is 0 Å². The molecule has 0 fully saturated rings. The molecule has 1 N–H and O–H groups in total. The van der Waals surface area contributed by atoms with Crippen molar-refractivity contribution in [3.8, 4) is 0 Å². The lowest BCUT2D eigenvalue weighted by molar-refractivity contribution is 0.0689. The number of hydrogen-bond acceptors (Lipinski definition) is 3. The molecule has 0 spiro atoms. The minimum absolute atomic E-state index is 0.0999. The van der Waals surface area contributed by atoms with Crippen molar-refractivity contribution in [2.45, 2.75) is 59.4 Å². The molecule has 0 radical (unpaired) electrons. The molecule has 1 aromatic rings. The van der Waals surface area contributed by atoms with Crippen LogP contribution in [0, 0.1) is 5.92 Å². The summed E-state index contributed by atoms with van der Waals surface area (Å²) >= 11 is 0. The minimum Gasteiger partial charge on any atom is -0.476 e. The lowest BCUT2D eigenvalue weighted by atomic mass is 9.99. The second-order valence-corrected chi connectivity index (χ2v) is 4.64. The Labute approximate surface area is 108 Å². The number of carbonyl (C=O) groups is 1. The van der Waals surface area contributed by atoms with Crippen LogP contribution in [0.25, 0.3) is 0 Å². The van der Waals surface area contributed by atoms with E-state index < -0.39 is 5.97 Å². The number of carboxylic acids is 1. The predicted octanol–water partition coefficient (Wildman–Crippen LogP) is 2.76. The summed E-state index contributed by atoms with van der Waals surface area (Å²) < 4.78 is 1.77. The fourth-order valence-electron chi connectivity index (χ4n) is 2.16. The van der Waals surface area contributed by atoms with Crippen LogP contribution in [0.4, 0.5) is 0 Å². The first-order valence-corrected chi connectivity index (χ1v) is 6.79. The first kappa shape index (κ1) is 14.7. The summed E-state index contributed by atoms with van der Waals surface area (Å²) in [4.78, 5) is 11.0. The maximum Gasteiger partial charge on any atom is 0.358 e. The normalized spacial score (nSPS) is 12.6. The molecule has 0 saturated carbocycles. The molecule has 1 heterocycles. The fraction of sp³-hybridized carbons (Fsp3) is 0.769. The second kappa shape index (κ2) is 7.13. The quantitative estimate of drug-likeness (QED) is 0.773. The van der Waals surface area contributed by atoms with Crippen LogP contribution in [0.5, 0.6) is 0 Å². The monoisotopic (exact) mass is 253 g/mol. The Morgan fingerprint density at radius 2 is 2.11 bits per heavy atom. The van der Waals surface area contributed by atoms with Gasteiger partial charge in [0.1, 0.15) is 0 Å². The molecule has 0 amide bonds. The third-order valence-electron chi connectivity index (χ3n) is 3.35. The van der Waals surface area contributed by atoms with Crippen LogP contribution in [0.15, 0.2) is 0 Å². The van der Waals surface area contributed by atoms with Gasteiger partial charge in [0.2, 0.25) is 0 Å². The third kappa shape index (κ3) is 3.55. The van der Waals surface area contributed by atoms with Gasteiger partial charge in [-0.25, -0.2) is 9.48 Å². The third-order valence-corrected chi connectivity index (χ3v) is 3.35. The SMILES string of the molecule is CCCCC(CC)Cn1nnc(C(=O)O)c1CC. The van der Waals surface area contributed by atoms with E-state index in [1.165, 1.54) is 19.3 Å². The minimum atomic E-state index is -0.986. The van der Waals surface area contributed by atoms with Crippen LogP contribution in [0.1, 0.15) is 62.6 Å². The molecule has 0 bridgehead atoms. The van der Waals surface area contributed by atoms with E-state index >= 15 is 0 Å². The average Bonchev–Trinajstić information content (AvgIpc) is 2.77. The molecule has 102 valence electrons. The summed E-state index contributed by atoms with van der Waals surface area (Å²) in [6, 6.07) is 0. The fourth-order valence-corrected chi connectivity index (χ4v) is 2.16. The molecule has 0 saturated heterocycles. The number of unbranched alkanes of at least 4 members (excludes halogenated alkanes) is 1. The van der Waals surface area contributed by atoms with Crippen molar-refractivity contribution in [1.29, 1.82) is 0 Å². The number of carboxylic acid groups (broad SMARTS) is 1. The average molecular weight is 253 g/mol. The van der Waals surface area contributed by atoms with Gasteiger partial charge in [-0.05, 0) is 18.8 Å². The van der Waals surface area contributed by atoms with Crippen LogP contribution in [-0.2, 0) is 13.0 Å². The van der Waals surface area contributed by atoms with Gasteiger partial charge in [-0.2, -0.15) is 0 Å². The van der Waals surface area contributed by atoms with Crippen molar-refractivity contribution < 1.29 is 9.90 Å². The van der Waals surface area contributed by atoms with Crippen molar-refractivity contribution in [2.24, 2.45) is 5.92 Å². The van der Waals surface area contributed by atoms with Crippen molar-refractivity contribution >= 4 is 5.97 Å². The highest BCUT2D eigenvalue weighted by molar-refractivity contribution is 5.86. The summed E-state index contributed by atoms with van der Waals surface area (Å²) in [5.41, 5.74) is 0.834. The summed E-state index contributed by atoms with van der Waals surface area (Å²) in [5.74, 6) is -0.432. The van der Waals surface area contributed by atoms with E-state index in [-0.39, 0.29) is 5.69 Å². The zero-order chi connectivity index (χ0) is 13.5. The Kier molecular flexibility index (Phi) is 5.82. The smallest absolute Gasteiger partial charge is 0.358 e. The standard InChI is InChI=1S/C13H23N3O2/c1-4-7-8-10(5-2)9-16-11(6-3)12(13(17)18)14-15-16/h10H,4-9H2,1-3H3,(H,17,18). The number of aromatic nitrogens is 3. The summed E-state index contributed by atoms with van der Waals surface area (Å²) in [6.45, 7) is 7.07.